The lowest BCUT2D eigenvalue weighted by Crippen LogP contribution is -2.30. The van der Waals surface area contributed by atoms with Gasteiger partial charge < -0.3 is 5.11 Å². The quantitative estimate of drug-likeness (QED) is 0.871. The number of carboxylic acids is 1. The van der Waals surface area contributed by atoms with E-state index in [0.717, 1.165) is 6.42 Å². The van der Waals surface area contributed by atoms with E-state index in [1.165, 1.54) is 0 Å². The second-order valence-electron chi connectivity index (χ2n) is 5.03. The van der Waals surface area contributed by atoms with Gasteiger partial charge in [0.05, 0.1) is 5.92 Å². The van der Waals surface area contributed by atoms with Crippen LogP contribution in [0.15, 0.2) is 4.79 Å². The molecule has 0 aromatic carbocycles. The average Bonchev–Trinajstić information content (AvgIpc) is 2.37. The summed E-state index contributed by atoms with van der Waals surface area (Å²) in [4.78, 5) is 27.2. The third-order valence-electron chi connectivity index (χ3n) is 3.64. The van der Waals surface area contributed by atoms with Crippen LogP contribution in [0.2, 0.25) is 0 Å². The summed E-state index contributed by atoms with van der Waals surface area (Å²) in [7, 11) is 0. The zero-order valence-corrected chi connectivity index (χ0v) is 13.5. The van der Waals surface area contributed by atoms with Gasteiger partial charge in [0.25, 0.3) is 0 Å². The summed E-state index contributed by atoms with van der Waals surface area (Å²) >= 11 is 1.74. The maximum Gasteiger partial charge on any atom is 0.347 e. The molecule has 0 saturated carbocycles. The van der Waals surface area contributed by atoms with Crippen molar-refractivity contribution in [1.29, 1.82) is 0 Å². The van der Waals surface area contributed by atoms with Crippen molar-refractivity contribution in [2.24, 2.45) is 0 Å². The largest absolute Gasteiger partial charge is 0.481 e. The van der Waals surface area contributed by atoms with E-state index in [9.17, 15) is 14.7 Å². The summed E-state index contributed by atoms with van der Waals surface area (Å²) in [6.07, 6.45) is 2.89. The SMILES string of the molecule is CSC(C)CCn1c(C)c(C(C)C(=O)O)c(C)nc1=O. The van der Waals surface area contributed by atoms with E-state index in [1.54, 1.807) is 37.1 Å². The van der Waals surface area contributed by atoms with Crippen molar-refractivity contribution < 1.29 is 9.90 Å². The van der Waals surface area contributed by atoms with Crippen LogP contribution >= 0.6 is 11.8 Å². The second kappa shape index (κ2) is 6.92. The number of aryl methyl sites for hydroxylation is 1. The Kier molecular flexibility index (Phi) is 5.80. The third kappa shape index (κ3) is 3.62. The Morgan fingerprint density at radius 3 is 2.50 bits per heavy atom. The van der Waals surface area contributed by atoms with Gasteiger partial charge in [0.15, 0.2) is 0 Å². The standard InChI is InChI=1S/C14H22N2O3S/c1-8(20-5)6-7-16-11(4)12(9(2)13(17)18)10(3)15-14(16)19/h8-9H,6-7H2,1-5H3,(H,17,18). The average molecular weight is 298 g/mol. The molecule has 0 aliphatic carbocycles. The minimum atomic E-state index is -0.902. The molecule has 0 saturated heterocycles. The predicted octanol–water partition coefficient (Wildman–Crippen LogP) is 2.19. The lowest BCUT2D eigenvalue weighted by atomic mass is 9.98. The first-order valence-electron chi connectivity index (χ1n) is 6.63. The van der Waals surface area contributed by atoms with Crippen molar-refractivity contribution in [3.05, 3.63) is 27.4 Å². The van der Waals surface area contributed by atoms with Crippen LogP contribution in [-0.2, 0) is 11.3 Å². The number of hydrogen-bond donors (Lipinski definition) is 1. The van der Waals surface area contributed by atoms with Crippen LogP contribution in [0.25, 0.3) is 0 Å². The predicted molar refractivity (Wildman–Crippen MR) is 81.6 cm³/mol. The van der Waals surface area contributed by atoms with Gasteiger partial charge in [0, 0.05) is 28.7 Å². The van der Waals surface area contributed by atoms with Crippen molar-refractivity contribution in [3.8, 4) is 0 Å². The first-order chi connectivity index (χ1) is 9.29. The third-order valence-corrected chi connectivity index (χ3v) is 4.68. The molecule has 1 heterocycles. The molecule has 0 aliphatic heterocycles. The highest BCUT2D eigenvalue weighted by Crippen LogP contribution is 2.22. The Bertz CT molecular complexity index is 554. The van der Waals surface area contributed by atoms with Gasteiger partial charge in [-0.1, -0.05) is 6.92 Å². The molecule has 6 heteroatoms. The highest BCUT2D eigenvalue weighted by atomic mass is 32.2. The normalized spacial score (nSPS) is 14.1. The Hall–Kier alpha value is -1.30. The topological polar surface area (TPSA) is 72.2 Å². The lowest BCUT2D eigenvalue weighted by Gasteiger charge is -2.18. The summed E-state index contributed by atoms with van der Waals surface area (Å²) in [5.41, 5.74) is 1.57. The van der Waals surface area contributed by atoms with Crippen molar-refractivity contribution in [3.63, 3.8) is 0 Å². The van der Waals surface area contributed by atoms with Crippen LogP contribution < -0.4 is 5.69 Å². The zero-order chi connectivity index (χ0) is 15.4. The molecular formula is C14H22N2O3S. The van der Waals surface area contributed by atoms with Crippen LogP contribution in [0.4, 0.5) is 0 Å². The Labute approximate surface area is 123 Å². The van der Waals surface area contributed by atoms with Gasteiger partial charge in [-0.05, 0) is 33.4 Å². The number of hydrogen-bond acceptors (Lipinski definition) is 4. The number of carbonyl (C=O) groups is 1. The molecule has 0 amide bonds. The highest BCUT2D eigenvalue weighted by molar-refractivity contribution is 7.99. The minimum absolute atomic E-state index is 0.297. The van der Waals surface area contributed by atoms with Crippen molar-refractivity contribution in [2.45, 2.75) is 51.8 Å². The van der Waals surface area contributed by atoms with E-state index in [-0.39, 0.29) is 5.69 Å². The van der Waals surface area contributed by atoms with Crippen LogP contribution in [0.3, 0.4) is 0 Å². The molecule has 0 spiro atoms. The van der Waals surface area contributed by atoms with Gasteiger partial charge in [-0.25, -0.2) is 4.79 Å². The minimum Gasteiger partial charge on any atom is -0.481 e. The van der Waals surface area contributed by atoms with Gasteiger partial charge in [0.1, 0.15) is 0 Å². The Balaban J connectivity index is 3.22. The van der Waals surface area contributed by atoms with Crippen LogP contribution in [0.5, 0.6) is 0 Å². The van der Waals surface area contributed by atoms with E-state index in [1.807, 2.05) is 6.26 Å². The van der Waals surface area contributed by atoms with Gasteiger partial charge in [-0.2, -0.15) is 16.7 Å². The monoisotopic (exact) mass is 298 g/mol. The molecule has 1 aromatic heterocycles. The molecule has 1 aromatic rings. The fourth-order valence-corrected chi connectivity index (χ4v) is 2.60. The van der Waals surface area contributed by atoms with E-state index in [4.69, 9.17) is 0 Å². The van der Waals surface area contributed by atoms with E-state index in [2.05, 4.69) is 11.9 Å². The molecule has 0 bridgehead atoms. The van der Waals surface area contributed by atoms with Gasteiger partial charge >= 0.3 is 11.7 Å². The zero-order valence-electron chi connectivity index (χ0n) is 12.6. The van der Waals surface area contributed by atoms with Gasteiger partial charge in [-0.15, -0.1) is 0 Å². The number of carboxylic acid groups (broad SMARTS) is 1. The maximum atomic E-state index is 12.0. The number of aromatic nitrogens is 2. The smallest absolute Gasteiger partial charge is 0.347 e. The first kappa shape index (κ1) is 16.8. The molecule has 5 nitrogen and oxygen atoms in total. The number of nitrogens with zero attached hydrogens (tertiary/aromatic N) is 2. The van der Waals surface area contributed by atoms with E-state index < -0.39 is 11.9 Å². The fourth-order valence-electron chi connectivity index (χ4n) is 2.26. The molecule has 1 N–H and O–H groups in total. The Morgan fingerprint density at radius 2 is 2.00 bits per heavy atom. The first-order valence-corrected chi connectivity index (χ1v) is 7.91. The molecular weight excluding hydrogens is 276 g/mol. The van der Waals surface area contributed by atoms with E-state index >= 15 is 0 Å². The van der Waals surface area contributed by atoms with Crippen molar-refractivity contribution in [1.82, 2.24) is 9.55 Å². The van der Waals surface area contributed by atoms with Crippen molar-refractivity contribution in [2.75, 3.05) is 6.26 Å². The second-order valence-corrected chi connectivity index (χ2v) is 6.30. The molecule has 20 heavy (non-hydrogen) atoms. The maximum absolute atomic E-state index is 12.0. The summed E-state index contributed by atoms with van der Waals surface area (Å²) in [6, 6.07) is 0. The molecule has 0 aliphatic rings. The molecule has 2 atom stereocenters. The van der Waals surface area contributed by atoms with Gasteiger partial charge in [-0.3, -0.25) is 9.36 Å². The number of aliphatic carboxylic acids is 1. The van der Waals surface area contributed by atoms with Gasteiger partial charge in [0.2, 0.25) is 0 Å². The number of rotatable bonds is 6. The van der Waals surface area contributed by atoms with Crippen LogP contribution in [-0.4, -0.2) is 32.1 Å². The molecule has 0 fully saturated rings. The summed E-state index contributed by atoms with van der Waals surface area (Å²) in [5, 5.41) is 9.63. The molecule has 2 unspecified atom stereocenters. The summed E-state index contributed by atoms with van der Waals surface area (Å²) in [5.74, 6) is -1.56. The summed E-state index contributed by atoms with van der Waals surface area (Å²) < 4.78 is 1.59. The molecule has 1 rings (SSSR count). The van der Waals surface area contributed by atoms with Crippen LogP contribution in [0, 0.1) is 13.8 Å². The van der Waals surface area contributed by atoms with Crippen molar-refractivity contribution >= 4 is 17.7 Å². The number of thioether (sulfide) groups is 1. The fraction of sp³-hybridized carbons (Fsp3) is 0.643. The van der Waals surface area contributed by atoms with E-state index in [0.29, 0.717) is 28.7 Å². The molecule has 112 valence electrons. The summed E-state index contributed by atoms with van der Waals surface area (Å²) in [6.45, 7) is 7.79. The highest BCUT2D eigenvalue weighted by Gasteiger charge is 2.22. The molecule has 0 radical (unpaired) electrons. The van der Waals surface area contributed by atoms with Crippen LogP contribution in [0.1, 0.15) is 43.1 Å². The Morgan fingerprint density at radius 1 is 1.40 bits per heavy atom. The lowest BCUT2D eigenvalue weighted by molar-refractivity contribution is -0.138.